The first-order chi connectivity index (χ1) is 8.42. The van der Waals surface area contributed by atoms with Crippen molar-refractivity contribution in [3.63, 3.8) is 0 Å². The van der Waals surface area contributed by atoms with E-state index in [2.05, 4.69) is 5.32 Å². The minimum Gasteiger partial charge on any atom is -0.493 e. The minimum absolute atomic E-state index is 0.172. The Morgan fingerprint density at radius 2 is 1.89 bits per heavy atom. The first-order valence-corrected chi connectivity index (χ1v) is 5.70. The van der Waals surface area contributed by atoms with E-state index in [1.807, 2.05) is 30.3 Å². The van der Waals surface area contributed by atoms with Crippen LogP contribution >= 0.6 is 0 Å². The van der Waals surface area contributed by atoms with E-state index in [1.165, 1.54) is 0 Å². The van der Waals surface area contributed by atoms with Crippen molar-refractivity contribution in [2.75, 3.05) is 6.61 Å². The molecule has 5 heteroatoms. The van der Waals surface area contributed by atoms with E-state index in [9.17, 15) is 9.59 Å². The van der Waals surface area contributed by atoms with Crippen molar-refractivity contribution in [3.05, 3.63) is 30.3 Å². The predicted molar refractivity (Wildman–Crippen MR) is 68.0 cm³/mol. The van der Waals surface area contributed by atoms with Crippen LogP contribution in [0.25, 0.3) is 0 Å². The molecule has 0 saturated carbocycles. The topological polar surface area (TPSA) is 81.4 Å². The molecule has 0 spiro atoms. The smallest absolute Gasteiger partial charge is 0.242 e. The standard InChI is InChI=1S/C13H18N2O3/c1-13(2,12(14)17)15-11(16)8-9-18-10-6-4-3-5-7-10/h3-7H,8-9H2,1-2H3,(H2,14,17)(H,15,16). The highest BCUT2D eigenvalue weighted by Gasteiger charge is 2.26. The third-order valence-electron chi connectivity index (χ3n) is 2.41. The van der Waals surface area contributed by atoms with Gasteiger partial charge >= 0.3 is 0 Å². The first-order valence-electron chi connectivity index (χ1n) is 5.70. The molecule has 0 aliphatic heterocycles. The fraction of sp³-hybridized carbons (Fsp3) is 0.385. The number of ether oxygens (including phenoxy) is 1. The van der Waals surface area contributed by atoms with Crippen molar-refractivity contribution in [1.29, 1.82) is 0 Å². The maximum Gasteiger partial charge on any atom is 0.242 e. The Balaban J connectivity index is 2.32. The molecule has 0 aliphatic rings. The molecule has 1 rings (SSSR count). The molecule has 0 unspecified atom stereocenters. The number of nitrogens with one attached hydrogen (secondary N) is 1. The van der Waals surface area contributed by atoms with Crippen LogP contribution in [0.4, 0.5) is 0 Å². The Hall–Kier alpha value is -2.04. The van der Waals surface area contributed by atoms with Crippen molar-refractivity contribution in [1.82, 2.24) is 5.32 Å². The molecule has 2 amide bonds. The van der Waals surface area contributed by atoms with Gasteiger partial charge in [0.15, 0.2) is 0 Å². The number of primary amides is 1. The fourth-order valence-corrected chi connectivity index (χ4v) is 1.25. The van der Waals surface area contributed by atoms with Crippen LogP contribution in [0.2, 0.25) is 0 Å². The molecule has 18 heavy (non-hydrogen) atoms. The fourth-order valence-electron chi connectivity index (χ4n) is 1.25. The van der Waals surface area contributed by atoms with Crippen LogP contribution in [0.5, 0.6) is 5.75 Å². The minimum atomic E-state index is -1.04. The van der Waals surface area contributed by atoms with E-state index < -0.39 is 11.4 Å². The molecule has 0 heterocycles. The van der Waals surface area contributed by atoms with Crippen molar-refractivity contribution in [2.24, 2.45) is 5.73 Å². The molecule has 0 saturated heterocycles. The molecule has 1 aromatic rings. The number of benzene rings is 1. The lowest BCUT2D eigenvalue weighted by atomic mass is 10.1. The van der Waals surface area contributed by atoms with Crippen LogP contribution in [-0.4, -0.2) is 24.0 Å². The van der Waals surface area contributed by atoms with Crippen LogP contribution < -0.4 is 15.8 Å². The number of carbonyl (C=O) groups excluding carboxylic acids is 2. The van der Waals surface area contributed by atoms with E-state index in [1.54, 1.807) is 13.8 Å². The summed E-state index contributed by atoms with van der Waals surface area (Å²) in [6, 6.07) is 9.21. The molecule has 0 aliphatic carbocycles. The van der Waals surface area contributed by atoms with E-state index in [0.29, 0.717) is 5.75 Å². The second kappa shape index (κ2) is 6.05. The summed E-state index contributed by atoms with van der Waals surface area (Å²) in [5.74, 6) is -0.131. The number of nitrogens with two attached hydrogens (primary N) is 1. The second-order valence-electron chi connectivity index (χ2n) is 4.45. The average molecular weight is 250 g/mol. The molecule has 0 bridgehead atoms. The van der Waals surface area contributed by atoms with Gasteiger partial charge in [0.1, 0.15) is 11.3 Å². The number of hydrogen-bond donors (Lipinski definition) is 2. The van der Waals surface area contributed by atoms with Crippen molar-refractivity contribution in [3.8, 4) is 5.75 Å². The molecular weight excluding hydrogens is 232 g/mol. The Labute approximate surface area is 106 Å². The predicted octanol–water partition coefficient (Wildman–Crippen LogP) is 0.836. The normalized spacial score (nSPS) is 10.8. The zero-order valence-electron chi connectivity index (χ0n) is 10.6. The molecule has 0 radical (unpaired) electrons. The van der Waals surface area contributed by atoms with Gasteiger partial charge in [-0.3, -0.25) is 9.59 Å². The van der Waals surface area contributed by atoms with E-state index >= 15 is 0 Å². The largest absolute Gasteiger partial charge is 0.493 e. The zero-order valence-corrected chi connectivity index (χ0v) is 10.6. The number of rotatable bonds is 6. The first kappa shape index (κ1) is 14.0. The Morgan fingerprint density at radius 3 is 2.44 bits per heavy atom. The highest BCUT2D eigenvalue weighted by molar-refractivity contribution is 5.89. The van der Waals surface area contributed by atoms with Crippen LogP contribution in [-0.2, 0) is 9.59 Å². The lowest BCUT2D eigenvalue weighted by Gasteiger charge is -2.22. The highest BCUT2D eigenvalue weighted by Crippen LogP contribution is 2.08. The molecule has 5 nitrogen and oxygen atoms in total. The number of amides is 2. The molecule has 0 aromatic heterocycles. The lowest BCUT2D eigenvalue weighted by molar-refractivity contribution is -0.130. The van der Waals surface area contributed by atoms with Crippen molar-refractivity contribution < 1.29 is 14.3 Å². The van der Waals surface area contributed by atoms with Gasteiger partial charge in [-0.1, -0.05) is 18.2 Å². The zero-order chi connectivity index (χ0) is 13.6. The van der Waals surface area contributed by atoms with Gasteiger partial charge in [-0.05, 0) is 26.0 Å². The van der Waals surface area contributed by atoms with Gasteiger partial charge < -0.3 is 15.8 Å². The summed E-state index contributed by atoms with van der Waals surface area (Å²) in [5.41, 5.74) is 4.12. The van der Waals surface area contributed by atoms with Crippen LogP contribution in [0.1, 0.15) is 20.3 Å². The maximum absolute atomic E-state index is 11.6. The Morgan fingerprint density at radius 1 is 1.28 bits per heavy atom. The molecule has 3 N–H and O–H groups in total. The van der Waals surface area contributed by atoms with E-state index in [-0.39, 0.29) is 18.9 Å². The molecule has 1 aromatic carbocycles. The quantitative estimate of drug-likeness (QED) is 0.784. The SMILES string of the molecule is CC(C)(NC(=O)CCOc1ccccc1)C(N)=O. The van der Waals surface area contributed by atoms with Gasteiger partial charge in [-0.15, -0.1) is 0 Å². The number of hydrogen-bond acceptors (Lipinski definition) is 3. The third-order valence-corrected chi connectivity index (χ3v) is 2.41. The highest BCUT2D eigenvalue weighted by atomic mass is 16.5. The van der Waals surface area contributed by atoms with Crippen molar-refractivity contribution >= 4 is 11.8 Å². The summed E-state index contributed by atoms with van der Waals surface area (Å²) in [7, 11) is 0. The van der Waals surface area contributed by atoms with Crippen LogP contribution in [0, 0.1) is 0 Å². The summed E-state index contributed by atoms with van der Waals surface area (Å²) in [4.78, 5) is 22.6. The van der Waals surface area contributed by atoms with Gasteiger partial charge in [0.2, 0.25) is 11.8 Å². The second-order valence-corrected chi connectivity index (χ2v) is 4.45. The van der Waals surface area contributed by atoms with Crippen molar-refractivity contribution in [2.45, 2.75) is 25.8 Å². The van der Waals surface area contributed by atoms with Gasteiger partial charge in [0.25, 0.3) is 0 Å². The van der Waals surface area contributed by atoms with Crippen LogP contribution in [0.3, 0.4) is 0 Å². The van der Waals surface area contributed by atoms with Crippen LogP contribution in [0.15, 0.2) is 30.3 Å². The summed E-state index contributed by atoms with van der Waals surface area (Å²) in [5, 5.41) is 2.55. The van der Waals surface area contributed by atoms with Gasteiger partial charge in [0, 0.05) is 0 Å². The summed E-state index contributed by atoms with van der Waals surface area (Å²) < 4.78 is 5.37. The molecule has 0 fully saturated rings. The lowest BCUT2D eigenvalue weighted by Crippen LogP contribution is -2.53. The van der Waals surface area contributed by atoms with Gasteiger partial charge in [0.05, 0.1) is 13.0 Å². The summed E-state index contributed by atoms with van der Waals surface area (Å²) >= 11 is 0. The van der Waals surface area contributed by atoms with E-state index in [0.717, 1.165) is 0 Å². The Kier molecular flexibility index (Phi) is 4.71. The van der Waals surface area contributed by atoms with Gasteiger partial charge in [-0.2, -0.15) is 0 Å². The summed E-state index contributed by atoms with van der Waals surface area (Å²) in [6.07, 6.45) is 0.172. The average Bonchev–Trinajstić information content (AvgIpc) is 2.29. The monoisotopic (exact) mass is 250 g/mol. The number of para-hydroxylation sites is 1. The molecule has 0 atom stereocenters. The molecule has 98 valence electrons. The Bertz CT molecular complexity index is 416. The summed E-state index contributed by atoms with van der Waals surface area (Å²) in [6.45, 7) is 3.38. The third kappa shape index (κ3) is 4.45. The molecular formula is C13H18N2O3. The number of carbonyl (C=O) groups is 2. The maximum atomic E-state index is 11.6. The van der Waals surface area contributed by atoms with E-state index in [4.69, 9.17) is 10.5 Å². The van der Waals surface area contributed by atoms with Gasteiger partial charge in [-0.25, -0.2) is 0 Å².